The number of para-hydroxylation sites is 1. The maximum absolute atomic E-state index is 6.57. The van der Waals surface area contributed by atoms with Crippen LogP contribution < -0.4 is 4.90 Å². The Morgan fingerprint density at radius 1 is 1.00 bits per heavy atom. The largest absolute Gasteiger partial charge is 0.360 e. The Labute approximate surface area is 223 Å². The highest BCUT2D eigenvalue weighted by Gasteiger charge is 2.29. The lowest BCUT2D eigenvalue weighted by molar-refractivity contribution is 0.702. The van der Waals surface area contributed by atoms with Gasteiger partial charge in [-0.1, -0.05) is 55.8 Å². The molecule has 1 N–H and O–H groups in total. The SMILES string of the molecule is Cc1cc(C(C)C)cnc1N1CCc2nn(-c3c(C)cccc3C)c(-c3ccc(Cl)c4[nH]ccc34)c2C1. The number of pyridine rings is 1. The van der Waals surface area contributed by atoms with Crippen LogP contribution in [0.15, 0.2) is 54.9 Å². The van der Waals surface area contributed by atoms with Crippen molar-refractivity contribution >= 4 is 28.3 Å². The van der Waals surface area contributed by atoms with Gasteiger partial charge >= 0.3 is 0 Å². The minimum atomic E-state index is 0.462. The quantitative estimate of drug-likeness (QED) is 0.270. The van der Waals surface area contributed by atoms with E-state index in [2.05, 4.69) is 85.6 Å². The third kappa shape index (κ3) is 3.93. The van der Waals surface area contributed by atoms with Crippen molar-refractivity contribution in [3.05, 3.63) is 93.4 Å². The number of hydrogen-bond acceptors (Lipinski definition) is 3. The molecule has 188 valence electrons. The van der Waals surface area contributed by atoms with Gasteiger partial charge < -0.3 is 9.88 Å². The van der Waals surface area contributed by atoms with Gasteiger partial charge in [0.1, 0.15) is 5.82 Å². The van der Waals surface area contributed by atoms with Gasteiger partial charge in [-0.05, 0) is 61.1 Å². The van der Waals surface area contributed by atoms with E-state index in [0.717, 1.165) is 63.9 Å². The van der Waals surface area contributed by atoms with Gasteiger partial charge in [0.2, 0.25) is 0 Å². The molecule has 0 bridgehead atoms. The molecule has 6 rings (SSSR count). The number of anilines is 1. The molecule has 0 amide bonds. The van der Waals surface area contributed by atoms with Gasteiger partial charge in [-0.3, -0.25) is 0 Å². The molecule has 0 atom stereocenters. The van der Waals surface area contributed by atoms with Crippen molar-refractivity contribution in [2.45, 2.75) is 53.5 Å². The second-order valence-corrected chi connectivity index (χ2v) is 10.9. The van der Waals surface area contributed by atoms with E-state index in [9.17, 15) is 0 Å². The van der Waals surface area contributed by atoms with Crippen molar-refractivity contribution < 1.29 is 0 Å². The summed E-state index contributed by atoms with van der Waals surface area (Å²) < 4.78 is 2.18. The van der Waals surface area contributed by atoms with Crippen molar-refractivity contribution in [3.8, 4) is 16.9 Å². The van der Waals surface area contributed by atoms with E-state index in [1.165, 1.54) is 27.8 Å². The Hall–Kier alpha value is -3.57. The lowest BCUT2D eigenvalue weighted by Gasteiger charge is -2.29. The molecule has 6 heteroatoms. The van der Waals surface area contributed by atoms with E-state index < -0.39 is 0 Å². The summed E-state index contributed by atoms with van der Waals surface area (Å²) >= 11 is 6.57. The molecule has 37 heavy (non-hydrogen) atoms. The number of nitrogens with zero attached hydrogens (tertiary/aromatic N) is 4. The third-order valence-corrected chi connectivity index (χ3v) is 7.97. The zero-order chi connectivity index (χ0) is 25.8. The van der Waals surface area contributed by atoms with Gasteiger partial charge in [0, 0.05) is 48.4 Å². The number of halogens is 1. The lowest BCUT2D eigenvalue weighted by atomic mass is 9.97. The van der Waals surface area contributed by atoms with Gasteiger partial charge in [-0.25, -0.2) is 9.67 Å². The van der Waals surface area contributed by atoms with Gasteiger partial charge in [-0.2, -0.15) is 5.10 Å². The molecule has 2 aromatic carbocycles. The molecule has 5 nitrogen and oxygen atoms in total. The van der Waals surface area contributed by atoms with E-state index in [1.54, 1.807) is 0 Å². The topological polar surface area (TPSA) is 49.7 Å². The smallest absolute Gasteiger partial charge is 0.131 e. The first-order valence-electron chi connectivity index (χ1n) is 13.0. The molecule has 0 radical (unpaired) electrons. The van der Waals surface area contributed by atoms with Crippen LogP contribution in [0.2, 0.25) is 5.02 Å². The predicted octanol–water partition coefficient (Wildman–Crippen LogP) is 7.68. The molecule has 0 saturated carbocycles. The first kappa shape index (κ1) is 23.8. The first-order valence-corrected chi connectivity index (χ1v) is 13.4. The van der Waals surface area contributed by atoms with E-state index >= 15 is 0 Å². The fourth-order valence-electron chi connectivity index (χ4n) is 5.70. The number of fused-ring (bicyclic) bond motifs is 2. The Morgan fingerprint density at radius 3 is 2.51 bits per heavy atom. The number of benzene rings is 2. The van der Waals surface area contributed by atoms with Crippen LogP contribution >= 0.6 is 11.6 Å². The number of H-pyrrole nitrogens is 1. The van der Waals surface area contributed by atoms with Gasteiger partial charge in [0.05, 0.1) is 27.6 Å². The minimum Gasteiger partial charge on any atom is -0.360 e. The van der Waals surface area contributed by atoms with Gasteiger partial charge in [0.15, 0.2) is 0 Å². The maximum atomic E-state index is 6.57. The summed E-state index contributed by atoms with van der Waals surface area (Å²) in [4.78, 5) is 10.7. The summed E-state index contributed by atoms with van der Waals surface area (Å²) in [6.45, 7) is 12.6. The van der Waals surface area contributed by atoms with E-state index in [0.29, 0.717) is 5.92 Å². The fourth-order valence-corrected chi connectivity index (χ4v) is 5.92. The zero-order valence-corrected chi connectivity index (χ0v) is 22.8. The average Bonchev–Trinajstić information content (AvgIpc) is 3.50. The summed E-state index contributed by atoms with van der Waals surface area (Å²) in [5.74, 6) is 1.52. The highest BCUT2D eigenvalue weighted by atomic mass is 35.5. The van der Waals surface area contributed by atoms with Gasteiger partial charge in [0.25, 0.3) is 0 Å². The van der Waals surface area contributed by atoms with Crippen molar-refractivity contribution in [3.63, 3.8) is 0 Å². The maximum Gasteiger partial charge on any atom is 0.131 e. The Bertz CT molecular complexity index is 1620. The Balaban J connectivity index is 1.56. The predicted molar refractivity (Wildman–Crippen MR) is 153 cm³/mol. The normalized spacial score (nSPS) is 13.5. The number of aryl methyl sites for hydroxylation is 3. The summed E-state index contributed by atoms with van der Waals surface area (Å²) in [5.41, 5.74) is 11.7. The molecule has 4 heterocycles. The lowest BCUT2D eigenvalue weighted by Crippen LogP contribution is -2.31. The first-order chi connectivity index (χ1) is 17.8. The van der Waals surface area contributed by atoms with E-state index in [1.807, 2.05) is 18.5 Å². The molecule has 5 aromatic rings. The molecule has 3 aromatic heterocycles. The van der Waals surface area contributed by atoms with Crippen molar-refractivity contribution in [1.29, 1.82) is 0 Å². The monoisotopic (exact) mass is 509 g/mol. The molecule has 0 saturated heterocycles. The van der Waals surface area contributed by atoms with Crippen molar-refractivity contribution in [2.75, 3.05) is 11.4 Å². The number of aromatic nitrogens is 4. The number of aromatic amines is 1. The standard InChI is InChI=1S/C31H32ClN5/c1-18(2)22-15-21(5)31(34-16-22)36-14-12-27-25(17-36)30(24-9-10-26(32)28-23(24)11-13-33-28)37(35-27)29-19(3)7-6-8-20(29)4/h6-11,13,15-16,18,33H,12,14,17H2,1-5H3. The highest BCUT2D eigenvalue weighted by Crippen LogP contribution is 2.40. The third-order valence-electron chi connectivity index (χ3n) is 7.65. The zero-order valence-electron chi connectivity index (χ0n) is 22.1. The molecular formula is C31H32ClN5. The van der Waals surface area contributed by atoms with Crippen molar-refractivity contribution in [2.24, 2.45) is 0 Å². The highest BCUT2D eigenvalue weighted by molar-refractivity contribution is 6.35. The number of hydrogen-bond donors (Lipinski definition) is 1. The minimum absolute atomic E-state index is 0.462. The van der Waals surface area contributed by atoms with Crippen molar-refractivity contribution in [1.82, 2.24) is 19.7 Å². The van der Waals surface area contributed by atoms with E-state index in [4.69, 9.17) is 21.7 Å². The second kappa shape index (κ2) is 9.07. The summed E-state index contributed by atoms with van der Waals surface area (Å²) in [5, 5.41) is 7.08. The van der Waals surface area contributed by atoms with Crippen LogP contribution in [0.25, 0.3) is 27.8 Å². The summed E-state index contributed by atoms with van der Waals surface area (Å²) in [7, 11) is 0. The Morgan fingerprint density at radius 2 is 1.78 bits per heavy atom. The second-order valence-electron chi connectivity index (χ2n) is 10.5. The van der Waals surface area contributed by atoms with Crippen LogP contribution in [0.4, 0.5) is 5.82 Å². The Kier molecular flexibility index (Phi) is 5.84. The molecule has 1 aliphatic heterocycles. The van der Waals surface area contributed by atoms with E-state index in [-0.39, 0.29) is 0 Å². The summed E-state index contributed by atoms with van der Waals surface area (Å²) in [6.07, 6.45) is 4.87. The summed E-state index contributed by atoms with van der Waals surface area (Å²) in [6, 6.07) is 15.0. The van der Waals surface area contributed by atoms with Crippen LogP contribution in [0.1, 0.15) is 53.3 Å². The van der Waals surface area contributed by atoms with Gasteiger partial charge in [-0.15, -0.1) is 0 Å². The average molecular weight is 510 g/mol. The van der Waals surface area contributed by atoms with Crippen LogP contribution in [0.3, 0.4) is 0 Å². The van der Waals surface area contributed by atoms with Crippen LogP contribution in [-0.2, 0) is 13.0 Å². The van der Waals surface area contributed by atoms with Crippen LogP contribution in [0, 0.1) is 20.8 Å². The van der Waals surface area contributed by atoms with Crippen LogP contribution in [0.5, 0.6) is 0 Å². The molecular weight excluding hydrogens is 478 g/mol. The molecule has 0 aliphatic carbocycles. The van der Waals surface area contributed by atoms with Crippen LogP contribution in [-0.4, -0.2) is 26.3 Å². The molecule has 0 spiro atoms. The number of nitrogens with one attached hydrogen (secondary N) is 1. The molecule has 0 fully saturated rings. The number of rotatable bonds is 4. The molecule has 1 aliphatic rings. The molecule has 0 unspecified atom stereocenters. The fraction of sp³-hybridized carbons (Fsp3) is 0.290.